The number of rotatable bonds is 4. The molecule has 2 unspecified atom stereocenters. The van der Waals surface area contributed by atoms with Crippen LogP contribution < -0.4 is 11.1 Å². The number of carbonyl (C=O) groups is 1. The van der Waals surface area contributed by atoms with Crippen molar-refractivity contribution in [3.63, 3.8) is 0 Å². The van der Waals surface area contributed by atoms with E-state index >= 15 is 0 Å². The highest BCUT2D eigenvalue weighted by Gasteiger charge is 2.44. The van der Waals surface area contributed by atoms with E-state index < -0.39 is 0 Å². The summed E-state index contributed by atoms with van der Waals surface area (Å²) in [6, 6.07) is 5.43. The molecule has 0 bridgehead atoms. The number of nitrogens with one attached hydrogen (secondary N) is 1. The molecule has 1 fully saturated rings. The van der Waals surface area contributed by atoms with Gasteiger partial charge in [0.1, 0.15) is 0 Å². The van der Waals surface area contributed by atoms with Gasteiger partial charge in [-0.3, -0.25) is 4.79 Å². The van der Waals surface area contributed by atoms with Gasteiger partial charge in [0, 0.05) is 28.5 Å². The Bertz CT molecular complexity index is 467. The molecule has 1 saturated carbocycles. The molecule has 19 heavy (non-hydrogen) atoms. The molecule has 3 atom stereocenters. The molecular weight excluding hydrogens is 307 g/mol. The van der Waals surface area contributed by atoms with E-state index in [1.54, 1.807) is 12.1 Å². The number of hydrogen-bond donors (Lipinski definition) is 2. The molecule has 0 aromatic heterocycles. The molecule has 1 aliphatic rings. The summed E-state index contributed by atoms with van der Waals surface area (Å²) in [5.74, 6) is 0.279. The first kappa shape index (κ1) is 16.6. The summed E-state index contributed by atoms with van der Waals surface area (Å²) in [5, 5.41) is 4.14. The Labute approximate surface area is 129 Å². The number of amides is 1. The minimum Gasteiger partial charge on any atom is -0.352 e. The first-order chi connectivity index (χ1) is 8.52. The van der Waals surface area contributed by atoms with Gasteiger partial charge < -0.3 is 11.1 Å². The molecule has 6 heteroatoms. The van der Waals surface area contributed by atoms with Crippen LogP contribution in [0.15, 0.2) is 18.2 Å². The van der Waals surface area contributed by atoms with Crippen molar-refractivity contribution in [3.8, 4) is 0 Å². The Hall–Kier alpha value is -0.480. The van der Waals surface area contributed by atoms with Crippen LogP contribution in [0, 0.1) is 5.92 Å². The lowest BCUT2D eigenvalue weighted by atomic mass is 10.1. The number of hydrogen-bond acceptors (Lipinski definition) is 2. The van der Waals surface area contributed by atoms with Crippen LogP contribution in [0.4, 0.5) is 0 Å². The van der Waals surface area contributed by atoms with Crippen molar-refractivity contribution in [1.82, 2.24) is 5.32 Å². The predicted molar refractivity (Wildman–Crippen MR) is 81.2 cm³/mol. The minimum absolute atomic E-state index is 0. The average Bonchev–Trinajstić information content (AvgIpc) is 3.08. The highest BCUT2D eigenvalue weighted by atomic mass is 35.5. The van der Waals surface area contributed by atoms with Gasteiger partial charge in [-0.05, 0) is 37.0 Å². The molecule has 0 aliphatic heterocycles. The summed E-state index contributed by atoms with van der Waals surface area (Å²) in [6.45, 7) is 2.34. The zero-order valence-corrected chi connectivity index (χ0v) is 12.9. The van der Waals surface area contributed by atoms with E-state index in [1.165, 1.54) is 0 Å². The highest BCUT2D eigenvalue weighted by Crippen LogP contribution is 2.50. The standard InChI is InChI=1S/C13H16Cl2N2O.ClH/c1-7(6-16)17-13(18)11-5-10(11)9-3-2-8(14)4-12(9)15;/h2-4,7,10-11H,5-6,16H2,1H3,(H,17,18);1H/t7-,10?,11?;/m0./s1. The quantitative estimate of drug-likeness (QED) is 0.895. The Morgan fingerprint density at radius 1 is 1.53 bits per heavy atom. The zero-order chi connectivity index (χ0) is 13.3. The fraction of sp³-hybridized carbons (Fsp3) is 0.462. The van der Waals surface area contributed by atoms with Crippen LogP contribution in [0.1, 0.15) is 24.8 Å². The Kier molecular flexibility index (Phi) is 5.93. The van der Waals surface area contributed by atoms with Gasteiger partial charge >= 0.3 is 0 Å². The normalized spacial score (nSPS) is 22.3. The summed E-state index contributed by atoms with van der Waals surface area (Å²) in [7, 11) is 0. The van der Waals surface area contributed by atoms with Crippen LogP contribution >= 0.6 is 35.6 Å². The van der Waals surface area contributed by atoms with Gasteiger partial charge in [0.05, 0.1) is 0 Å². The smallest absolute Gasteiger partial charge is 0.224 e. The van der Waals surface area contributed by atoms with Gasteiger partial charge in [0.2, 0.25) is 5.91 Å². The van der Waals surface area contributed by atoms with Gasteiger partial charge in [0.15, 0.2) is 0 Å². The second-order valence-electron chi connectivity index (χ2n) is 4.76. The van der Waals surface area contributed by atoms with Crippen molar-refractivity contribution in [2.24, 2.45) is 11.7 Å². The fourth-order valence-electron chi connectivity index (χ4n) is 2.04. The van der Waals surface area contributed by atoms with E-state index in [-0.39, 0.29) is 36.2 Å². The second kappa shape index (κ2) is 6.80. The Balaban J connectivity index is 0.00000180. The van der Waals surface area contributed by atoms with E-state index in [9.17, 15) is 4.79 Å². The zero-order valence-electron chi connectivity index (χ0n) is 10.5. The van der Waals surface area contributed by atoms with Gasteiger partial charge in [-0.15, -0.1) is 12.4 Å². The van der Waals surface area contributed by atoms with E-state index in [2.05, 4.69) is 5.32 Å². The van der Waals surface area contributed by atoms with Crippen molar-refractivity contribution in [3.05, 3.63) is 33.8 Å². The maximum atomic E-state index is 11.9. The first-order valence-electron chi connectivity index (χ1n) is 5.98. The van der Waals surface area contributed by atoms with E-state index in [0.717, 1.165) is 12.0 Å². The third-order valence-electron chi connectivity index (χ3n) is 3.23. The monoisotopic (exact) mass is 322 g/mol. The van der Waals surface area contributed by atoms with Gasteiger partial charge in [-0.1, -0.05) is 29.3 Å². The summed E-state index contributed by atoms with van der Waals surface area (Å²) < 4.78 is 0. The molecular formula is C13H17Cl3N2O. The molecule has 0 radical (unpaired) electrons. The van der Waals surface area contributed by atoms with Crippen molar-refractivity contribution >= 4 is 41.5 Å². The summed E-state index contributed by atoms with van der Waals surface area (Å²) in [4.78, 5) is 11.9. The minimum atomic E-state index is 0. The SMILES string of the molecule is C[C@@H](CN)NC(=O)C1CC1c1ccc(Cl)cc1Cl.Cl. The van der Waals surface area contributed by atoms with Crippen LogP contribution in [-0.2, 0) is 4.79 Å². The molecule has 1 aliphatic carbocycles. The van der Waals surface area contributed by atoms with Crippen LogP contribution in [0.5, 0.6) is 0 Å². The lowest BCUT2D eigenvalue weighted by molar-refractivity contribution is -0.122. The van der Waals surface area contributed by atoms with E-state index in [1.807, 2.05) is 13.0 Å². The maximum Gasteiger partial charge on any atom is 0.224 e. The van der Waals surface area contributed by atoms with Crippen LogP contribution in [0.25, 0.3) is 0 Å². The molecule has 1 aromatic rings. The third-order valence-corrected chi connectivity index (χ3v) is 3.79. The number of nitrogens with two attached hydrogens (primary N) is 1. The molecule has 0 spiro atoms. The number of halogens is 3. The summed E-state index contributed by atoms with van der Waals surface area (Å²) in [6.07, 6.45) is 0.838. The van der Waals surface area contributed by atoms with Crippen LogP contribution in [0.3, 0.4) is 0 Å². The second-order valence-corrected chi connectivity index (χ2v) is 5.60. The van der Waals surface area contributed by atoms with E-state index in [0.29, 0.717) is 16.6 Å². The molecule has 106 valence electrons. The molecule has 2 rings (SSSR count). The van der Waals surface area contributed by atoms with Crippen molar-refractivity contribution in [1.29, 1.82) is 0 Å². The molecule has 1 amide bonds. The topological polar surface area (TPSA) is 55.1 Å². The van der Waals surface area contributed by atoms with Crippen molar-refractivity contribution in [2.75, 3.05) is 6.54 Å². The van der Waals surface area contributed by atoms with Crippen LogP contribution in [-0.4, -0.2) is 18.5 Å². The maximum absolute atomic E-state index is 11.9. The van der Waals surface area contributed by atoms with Crippen molar-refractivity contribution < 1.29 is 4.79 Å². The Morgan fingerprint density at radius 2 is 2.21 bits per heavy atom. The van der Waals surface area contributed by atoms with Crippen molar-refractivity contribution in [2.45, 2.75) is 25.3 Å². The molecule has 1 aromatic carbocycles. The summed E-state index contributed by atoms with van der Waals surface area (Å²) >= 11 is 12.0. The predicted octanol–water partition coefficient (Wildman–Crippen LogP) is 2.98. The van der Waals surface area contributed by atoms with Gasteiger partial charge in [0.25, 0.3) is 0 Å². The third kappa shape index (κ3) is 3.99. The number of carbonyl (C=O) groups excluding carboxylic acids is 1. The largest absolute Gasteiger partial charge is 0.352 e. The lowest BCUT2D eigenvalue weighted by Gasteiger charge is -2.11. The van der Waals surface area contributed by atoms with Gasteiger partial charge in [-0.25, -0.2) is 0 Å². The van der Waals surface area contributed by atoms with E-state index in [4.69, 9.17) is 28.9 Å². The lowest BCUT2D eigenvalue weighted by Crippen LogP contribution is -2.38. The average molecular weight is 324 g/mol. The van der Waals surface area contributed by atoms with Gasteiger partial charge in [-0.2, -0.15) is 0 Å². The first-order valence-corrected chi connectivity index (χ1v) is 6.74. The highest BCUT2D eigenvalue weighted by molar-refractivity contribution is 6.35. The fourth-order valence-corrected chi connectivity index (χ4v) is 2.59. The molecule has 3 N–H and O–H groups in total. The molecule has 0 saturated heterocycles. The number of benzene rings is 1. The van der Waals surface area contributed by atoms with Crippen LogP contribution in [0.2, 0.25) is 10.0 Å². The summed E-state index contributed by atoms with van der Waals surface area (Å²) in [5.41, 5.74) is 6.48. The Morgan fingerprint density at radius 3 is 2.79 bits per heavy atom. The molecule has 0 heterocycles. The molecule has 3 nitrogen and oxygen atoms in total.